The number of hydrazone groups is 1. The summed E-state index contributed by atoms with van der Waals surface area (Å²) >= 11 is 1.22. The van der Waals surface area contributed by atoms with Crippen LogP contribution in [0.15, 0.2) is 99.8 Å². The minimum atomic E-state index is -0.254. The molecule has 0 spiro atoms. The number of nitrogens with zero attached hydrogens (tertiary/aromatic N) is 4. The summed E-state index contributed by atoms with van der Waals surface area (Å²) in [6, 6.07) is 25.5. The van der Waals surface area contributed by atoms with Crippen LogP contribution in [-0.4, -0.2) is 32.6 Å². The molecule has 1 amide bonds. The molecule has 168 valence electrons. The zero-order valence-electron chi connectivity index (χ0n) is 18.4. The molecule has 0 saturated heterocycles. The van der Waals surface area contributed by atoms with Gasteiger partial charge in [-0.05, 0) is 31.2 Å². The van der Waals surface area contributed by atoms with Crippen LogP contribution in [0.25, 0.3) is 28.0 Å². The van der Waals surface area contributed by atoms with Crippen LogP contribution in [0.5, 0.6) is 0 Å². The molecule has 8 heteroatoms. The smallest absolute Gasteiger partial charge is 0.257 e. The Morgan fingerprint density at radius 1 is 1.06 bits per heavy atom. The Hall–Kier alpha value is -4.17. The quantitative estimate of drug-likeness (QED) is 0.201. The summed E-state index contributed by atoms with van der Waals surface area (Å²) < 4.78 is 7.44. The number of carbonyl (C=O) groups is 1. The van der Waals surface area contributed by atoms with Crippen molar-refractivity contribution in [3.05, 3.63) is 96.2 Å². The van der Waals surface area contributed by atoms with Crippen LogP contribution in [0, 0.1) is 6.92 Å². The zero-order chi connectivity index (χ0) is 23.3. The molecule has 0 unspecified atom stereocenters. The van der Waals surface area contributed by atoms with Gasteiger partial charge in [-0.15, -0.1) is 0 Å². The highest BCUT2D eigenvalue weighted by Crippen LogP contribution is 2.24. The van der Waals surface area contributed by atoms with E-state index in [2.05, 4.69) is 15.5 Å². The first-order valence-corrected chi connectivity index (χ1v) is 11.7. The van der Waals surface area contributed by atoms with Crippen LogP contribution in [0.2, 0.25) is 0 Å². The number of aryl methyl sites for hydroxylation is 1. The minimum absolute atomic E-state index is 0.137. The fourth-order valence-electron chi connectivity index (χ4n) is 3.38. The van der Waals surface area contributed by atoms with E-state index in [4.69, 9.17) is 9.52 Å². The topological polar surface area (TPSA) is 85.3 Å². The summed E-state index contributed by atoms with van der Waals surface area (Å²) in [7, 11) is 0. The lowest BCUT2D eigenvalue weighted by atomic mass is 10.1. The van der Waals surface area contributed by atoms with Crippen LogP contribution in [0.3, 0.4) is 0 Å². The van der Waals surface area contributed by atoms with E-state index < -0.39 is 0 Å². The molecule has 3 aromatic carbocycles. The zero-order valence-corrected chi connectivity index (χ0v) is 19.2. The number of thioether (sulfide) groups is 1. The van der Waals surface area contributed by atoms with Crippen molar-refractivity contribution in [1.29, 1.82) is 0 Å². The van der Waals surface area contributed by atoms with Crippen LogP contribution in [-0.2, 0) is 4.79 Å². The van der Waals surface area contributed by atoms with Gasteiger partial charge in [0.25, 0.3) is 11.1 Å². The average Bonchev–Trinajstić information content (AvgIpc) is 3.48. The maximum atomic E-state index is 12.3. The van der Waals surface area contributed by atoms with Gasteiger partial charge in [0, 0.05) is 17.3 Å². The highest BCUT2D eigenvalue weighted by Gasteiger charge is 2.12. The Balaban J connectivity index is 1.30. The predicted octanol–water partition coefficient (Wildman–Crippen LogP) is 5.23. The lowest BCUT2D eigenvalue weighted by Crippen LogP contribution is -2.19. The van der Waals surface area contributed by atoms with E-state index >= 15 is 0 Å². The Bertz CT molecular complexity index is 1420. The number of para-hydroxylation sites is 3. The fourth-order valence-corrected chi connectivity index (χ4v) is 4.01. The van der Waals surface area contributed by atoms with Gasteiger partial charge in [-0.1, -0.05) is 71.9 Å². The fraction of sp³-hybridized carbons (Fsp3) is 0.0769. The second-order valence-electron chi connectivity index (χ2n) is 7.61. The lowest BCUT2D eigenvalue weighted by Gasteiger charge is -2.01. The van der Waals surface area contributed by atoms with Gasteiger partial charge in [-0.3, -0.25) is 4.79 Å². The van der Waals surface area contributed by atoms with Crippen molar-refractivity contribution in [3.8, 4) is 16.9 Å². The van der Waals surface area contributed by atoms with E-state index in [1.165, 1.54) is 17.3 Å². The molecule has 5 rings (SSSR count). The molecule has 2 heterocycles. The van der Waals surface area contributed by atoms with E-state index in [0.29, 0.717) is 10.8 Å². The normalized spacial score (nSPS) is 11.3. The molecule has 2 aromatic heterocycles. The summed E-state index contributed by atoms with van der Waals surface area (Å²) in [5.41, 5.74) is 8.69. The molecule has 7 nitrogen and oxygen atoms in total. The van der Waals surface area contributed by atoms with Crippen molar-refractivity contribution in [2.24, 2.45) is 5.10 Å². The van der Waals surface area contributed by atoms with Gasteiger partial charge in [-0.2, -0.15) is 10.2 Å². The number of aromatic nitrogens is 3. The number of carbonyl (C=O) groups excluding carboxylic acids is 1. The standard InChI is InChI=1S/C26H21N5O2S/c1-18-11-13-19(14-12-18)25-20(16-31(30-25)21-7-3-2-4-8-21)15-27-29-24(32)17-34-26-28-22-9-5-6-10-23(22)33-26/h2-16H,17H2,1H3,(H,29,32)/b27-15+. The van der Waals surface area contributed by atoms with Gasteiger partial charge in [0.05, 0.1) is 17.7 Å². The Morgan fingerprint density at radius 2 is 1.82 bits per heavy atom. The summed E-state index contributed by atoms with van der Waals surface area (Å²) in [5, 5.41) is 9.38. The third-order valence-electron chi connectivity index (χ3n) is 5.08. The van der Waals surface area contributed by atoms with Crippen molar-refractivity contribution in [2.75, 3.05) is 5.75 Å². The lowest BCUT2D eigenvalue weighted by molar-refractivity contribution is -0.118. The van der Waals surface area contributed by atoms with Crippen molar-refractivity contribution in [2.45, 2.75) is 12.1 Å². The molecule has 0 aliphatic heterocycles. The Labute approximate surface area is 200 Å². The van der Waals surface area contributed by atoms with Gasteiger partial charge < -0.3 is 4.42 Å². The molecule has 1 N–H and O–H groups in total. The van der Waals surface area contributed by atoms with E-state index in [1.54, 1.807) is 6.21 Å². The van der Waals surface area contributed by atoms with Gasteiger partial charge >= 0.3 is 0 Å². The highest BCUT2D eigenvalue weighted by molar-refractivity contribution is 7.99. The number of fused-ring (bicyclic) bond motifs is 1. The van der Waals surface area contributed by atoms with E-state index in [-0.39, 0.29) is 11.7 Å². The van der Waals surface area contributed by atoms with Crippen LogP contribution in [0.4, 0.5) is 0 Å². The number of benzene rings is 3. The Morgan fingerprint density at radius 3 is 2.62 bits per heavy atom. The molecule has 0 bridgehead atoms. The number of hydrogen-bond acceptors (Lipinski definition) is 6. The molecule has 0 aliphatic carbocycles. The van der Waals surface area contributed by atoms with Gasteiger partial charge in [-0.25, -0.2) is 15.1 Å². The van der Waals surface area contributed by atoms with Gasteiger partial charge in [0.15, 0.2) is 5.58 Å². The number of nitrogens with one attached hydrogen (secondary N) is 1. The maximum absolute atomic E-state index is 12.3. The minimum Gasteiger partial charge on any atom is -0.431 e. The summed E-state index contributed by atoms with van der Waals surface area (Å²) in [6.07, 6.45) is 3.51. The van der Waals surface area contributed by atoms with Crippen molar-refractivity contribution in [3.63, 3.8) is 0 Å². The molecular weight excluding hydrogens is 446 g/mol. The van der Waals surface area contributed by atoms with Crippen LogP contribution in [0.1, 0.15) is 11.1 Å². The molecule has 0 radical (unpaired) electrons. The molecule has 0 atom stereocenters. The molecule has 0 fully saturated rings. The molecule has 34 heavy (non-hydrogen) atoms. The van der Waals surface area contributed by atoms with E-state index in [0.717, 1.165) is 28.0 Å². The van der Waals surface area contributed by atoms with Crippen molar-refractivity contribution >= 4 is 35.0 Å². The predicted molar refractivity (Wildman–Crippen MR) is 134 cm³/mol. The van der Waals surface area contributed by atoms with Crippen LogP contribution < -0.4 is 5.43 Å². The summed E-state index contributed by atoms with van der Waals surface area (Å²) in [5.74, 6) is -0.117. The first-order chi connectivity index (χ1) is 16.7. The molecule has 0 aliphatic rings. The third-order valence-corrected chi connectivity index (χ3v) is 5.91. The SMILES string of the molecule is Cc1ccc(-c2nn(-c3ccccc3)cc2/C=N/NC(=O)CSc2nc3ccccc3o2)cc1. The monoisotopic (exact) mass is 467 g/mol. The number of amides is 1. The summed E-state index contributed by atoms with van der Waals surface area (Å²) in [6.45, 7) is 2.04. The molecular formula is C26H21N5O2S. The van der Waals surface area contributed by atoms with Crippen molar-refractivity contribution in [1.82, 2.24) is 20.2 Å². The second-order valence-corrected chi connectivity index (χ2v) is 8.54. The second kappa shape index (κ2) is 9.76. The summed E-state index contributed by atoms with van der Waals surface area (Å²) in [4.78, 5) is 16.7. The maximum Gasteiger partial charge on any atom is 0.257 e. The number of rotatable bonds is 7. The molecule has 0 saturated carbocycles. The average molecular weight is 468 g/mol. The largest absolute Gasteiger partial charge is 0.431 e. The molecule has 5 aromatic rings. The first kappa shape index (κ1) is 21.7. The third kappa shape index (κ3) is 4.92. The first-order valence-electron chi connectivity index (χ1n) is 10.7. The number of hydrogen-bond donors (Lipinski definition) is 1. The van der Waals surface area contributed by atoms with E-state index in [1.807, 2.05) is 96.7 Å². The highest BCUT2D eigenvalue weighted by atomic mass is 32.2. The van der Waals surface area contributed by atoms with Crippen LogP contribution >= 0.6 is 11.8 Å². The Kier molecular flexibility index (Phi) is 6.22. The number of oxazole rings is 1. The van der Waals surface area contributed by atoms with E-state index in [9.17, 15) is 4.79 Å². The van der Waals surface area contributed by atoms with Gasteiger partial charge in [0.1, 0.15) is 11.2 Å². The van der Waals surface area contributed by atoms with Gasteiger partial charge in [0.2, 0.25) is 0 Å². The van der Waals surface area contributed by atoms with Crippen molar-refractivity contribution < 1.29 is 9.21 Å².